The van der Waals surface area contributed by atoms with E-state index in [9.17, 15) is 5.11 Å². The number of aliphatic hydroxyl groups is 1. The minimum Gasteiger partial charge on any atom is -0.390 e. The molecule has 1 saturated heterocycles. The molecule has 1 rings (SSSR count). The molecule has 0 saturated carbocycles. The summed E-state index contributed by atoms with van der Waals surface area (Å²) in [7, 11) is 1.61. The van der Waals surface area contributed by atoms with Crippen molar-refractivity contribution in [2.24, 2.45) is 0 Å². The van der Waals surface area contributed by atoms with Crippen LogP contribution in [0.15, 0.2) is 0 Å². The van der Waals surface area contributed by atoms with Crippen LogP contribution in [0.25, 0.3) is 0 Å². The van der Waals surface area contributed by atoms with Crippen molar-refractivity contribution >= 4 is 0 Å². The van der Waals surface area contributed by atoms with Crippen molar-refractivity contribution < 1.29 is 14.6 Å². The van der Waals surface area contributed by atoms with Crippen LogP contribution in [0.2, 0.25) is 0 Å². The molecule has 0 spiro atoms. The Labute approximate surface area is 74.7 Å². The fourth-order valence-electron chi connectivity index (χ4n) is 1.25. The lowest BCUT2D eigenvalue weighted by Gasteiger charge is -2.11. The Balaban J connectivity index is 0.000000561. The second-order valence-corrected chi connectivity index (χ2v) is 2.74. The molecule has 0 aromatic heterocycles. The van der Waals surface area contributed by atoms with Crippen molar-refractivity contribution in [3.8, 4) is 0 Å². The van der Waals surface area contributed by atoms with Crippen LogP contribution in [0.5, 0.6) is 0 Å². The number of aliphatic hydroxyl groups excluding tert-OH is 1. The third-order valence-electron chi connectivity index (χ3n) is 1.74. The first kappa shape index (κ1) is 11.9. The second-order valence-electron chi connectivity index (χ2n) is 2.74. The van der Waals surface area contributed by atoms with Crippen molar-refractivity contribution in [2.75, 3.05) is 13.7 Å². The predicted octanol–water partition coefficient (Wildman–Crippen LogP) is 1.20. The zero-order valence-corrected chi connectivity index (χ0v) is 8.41. The van der Waals surface area contributed by atoms with E-state index in [1.807, 2.05) is 20.8 Å². The number of methoxy groups -OCH3 is 1. The molecule has 1 heterocycles. The predicted molar refractivity (Wildman–Crippen MR) is 48.2 cm³/mol. The Kier molecular flexibility index (Phi) is 6.34. The molecule has 1 aliphatic rings. The Morgan fingerprint density at radius 2 is 2.08 bits per heavy atom. The van der Waals surface area contributed by atoms with E-state index in [2.05, 4.69) is 0 Å². The van der Waals surface area contributed by atoms with Gasteiger partial charge in [0.1, 0.15) is 6.10 Å². The first-order valence-corrected chi connectivity index (χ1v) is 4.56. The van der Waals surface area contributed by atoms with E-state index in [1.165, 1.54) is 0 Å². The minimum absolute atomic E-state index is 0.111. The third-order valence-corrected chi connectivity index (χ3v) is 1.74. The van der Waals surface area contributed by atoms with Crippen LogP contribution >= 0.6 is 0 Å². The monoisotopic (exact) mass is 176 g/mol. The van der Waals surface area contributed by atoms with Gasteiger partial charge in [-0.1, -0.05) is 13.8 Å². The summed E-state index contributed by atoms with van der Waals surface area (Å²) < 4.78 is 10.2. The average molecular weight is 176 g/mol. The highest BCUT2D eigenvalue weighted by Crippen LogP contribution is 2.19. The van der Waals surface area contributed by atoms with Crippen molar-refractivity contribution in [1.29, 1.82) is 0 Å². The average Bonchev–Trinajstić information content (AvgIpc) is 2.35. The van der Waals surface area contributed by atoms with Gasteiger partial charge in [0.25, 0.3) is 0 Å². The zero-order valence-electron chi connectivity index (χ0n) is 8.41. The molecule has 0 amide bonds. The lowest BCUT2D eigenvalue weighted by Crippen LogP contribution is -2.25. The zero-order chi connectivity index (χ0) is 9.56. The summed E-state index contributed by atoms with van der Waals surface area (Å²) in [5.74, 6) is 0. The van der Waals surface area contributed by atoms with Gasteiger partial charge in [0.15, 0.2) is 0 Å². The molecule has 1 aliphatic heterocycles. The van der Waals surface area contributed by atoms with Crippen LogP contribution in [0.1, 0.15) is 27.2 Å². The van der Waals surface area contributed by atoms with Crippen LogP contribution in [0.4, 0.5) is 0 Å². The molecule has 0 bridgehead atoms. The van der Waals surface area contributed by atoms with Gasteiger partial charge in [-0.05, 0) is 6.92 Å². The van der Waals surface area contributed by atoms with Gasteiger partial charge in [-0.2, -0.15) is 0 Å². The van der Waals surface area contributed by atoms with Crippen LogP contribution in [-0.2, 0) is 9.47 Å². The minimum atomic E-state index is -0.338. The lowest BCUT2D eigenvalue weighted by molar-refractivity contribution is -0.0288. The molecular weight excluding hydrogens is 156 g/mol. The summed E-state index contributed by atoms with van der Waals surface area (Å²) in [6, 6.07) is 0. The van der Waals surface area contributed by atoms with Crippen molar-refractivity contribution in [3.63, 3.8) is 0 Å². The number of rotatable bonds is 2. The quantitative estimate of drug-likeness (QED) is 0.687. The van der Waals surface area contributed by atoms with Crippen molar-refractivity contribution in [3.05, 3.63) is 0 Å². The fraction of sp³-hybridized carbons (Fsp3) is 1.00. The highest BCUT2D eigenvalue weighted by molar-refractivity contribution is 4.79. The van der Waals surface area contributed by atoms with Gasteiger partial charge in [-0.15, -0.1) is 0 Å². The summed E-state index contributed by atoms with van der Waals surface area (Å²) in [4.78, 5) is 0. The topological polar surface area (TPSA) is 38.7 Å². The van der Waals surface area contributed by atoms with E-state index in [0.29, 0.717) is 6.61 Å². The molecule has 12 heavy (non-hydrogen) atoms. The smallest absolute Gasteiger partial charge is 0.107 e. The molecule has 3 heteroatoms. The van der Waals surface area contributed by atoms with Crippen LogP contribution < -0.4 is 0 Å². The molecule has 1 fully saturated rings. The number of hydrogen-bond donors (Lipinski definition) is 1. The Morgan fingerprint density at radius 1 is 1.50 bits per heavy atom. The summed E-state index contributed by atoms with van der Waals surface area (Å²) >= 11 is 0. The van der Waals surface area contributed by atoms with Gasteiger partial charge < -0.3 is 14.6 Å². The van der Waals surface area contributed by atoms with E-state index < -0.39 is 0 Å². The van der Waals surface area contributed by atoms with E-state index in [-0.39, 0.29) is 18.3 Å². The van der Waals surface area contributed by atoms with Crippen molar-refractivity contribution in [1.82, 2.24) is 0 Å². The molecule has 1 N–H and O–H groups in total. The summed E-state index contributed by atoms with van der Waals surface area (Å²) in [6.07, 6.45) is 0.457. The van der Waals surface area contributed by atoms with Gasteiger partial charge in [0.2, 0.25) is 0 Å². The van der Waals surface area contributed by atoms with E-state index in [4.69, 9.17) is 9.47 Å². The molecule has 0 aliphatic carbocycles. The highest BCUT2D eigenvalue weighted by Gasteiger charge is 2.30. The summed E-state index contributed by atoms with van der Waals surface area (Å²) in [6.45, 7) is 6.45. The van der Waals surface area contributed by atoms with E-state index in [0.717, 1.165) is 6.42 Å². The molecule has 0 aromatic carbocycles. The van der Waals surface area contributed by atoms with Gasteiger partial charge in [-0.25, -0.2) is 0 Å². The molecule has 0 radical (unpaired) electrons. The fourth-order valence-corrected chi connectivity index (χ4v) is 1.25. The molecule has 0 aromatic rings. The molecule has 3 unspecified atom stereocenters. The maximum atomic E-state index is 9.29. The van der Waals surface area contributed by atoms with Crippen LogP contribution in [0, 0.1) is 0 Å². The third kappa shape index (κ3) is 3.52. The standard InChI is InChI=1S/C7H14O3.C2H6/c1-5-3-6(8)7(10-5)4-9-2;1-2/h5-8H,3-4H2,1-2H3;1-2H3. The SMILES string of the molecule is CC.COCC1OC(C)CC1O. The van der Waals surface area contributed by atoms with E-state index >= 15 is 0 Å². The molecule has 74 valence electrons. The largest absolute Gasteiger partial charge is 0.390 e. The number of ether oxygens (including phenoxy) is 2. The second kappa shape index (κ2) is 6.40. The Hall–Kier alpha value is -0.120. The molecular formula is C9H20O3. The first-order chi connectivity index (χ1) is 5.74. The van der Waals surface area contributed by atoms with Crippen molar-refractivity contribution in [2.45, 2.75) is 45.5 Å². The lowest BCUT2D eigenvalue weighted by atomic mass is 10.1. The Bertz CT molecular complexity index is 106. The molecule has 3 atom stereocenters. The maximum Gasteiger partial charge on any atom is 0.107 e. The van der Waals surface area contributed by atoms with Crippen LogP contribution in [-0.4, -0.2) is 37.1 Å². The van der Waals surface area contributed by atoms with Gasteiger partial charge >= 0.3 is 0 Å². The highest BCUT2D eigenvalue weighted by atomic mass is 16.5. The molecule has 3 nitrogen and oxygen atoms in total. The van der Waals surface area contributed by atoms with Gasteiger partial charge in [0.05, 0.1) is 18.8 Å². The summed E-state index contributed by atoms with van der Waals surface area (Å²) in [5.41, 5.74) is 0. The maximum absolute atomic E-state index is 9.29. The Morgan fingerprint density at radius 3 is 2.42 bits per heavy atom. The van der Waals surface area contributed by atoms with Gasteiger partial charge in [-0.3, -0.25) is 0 Å². The first-order valence-electron chi connectivity index (χ1n) is 4.56. The summed E-state index contributed by atoms with van der Waals surface area (Å²) in [5, 5.41) is 9.29. The number of hydrogen-bond acceptors (Lipinski definition) is 3. The van der Waals surface area contributed by atoms with Crippen LogP contribution in [0.3, 0.4) is 0 Å². The van der Waals surface area contributed by atoms with E-state index in [1.54, 1.807) is 7.11 Å². The normalized spacial score (nSPS) is 34.2. The van der Waals surface area contributed by atoms with Gasteiger partial charge in [0, 0.05) is 13.5 Å².